The second kappa shape index (κ2) is 6.61. The Kier molecular flexibility index (Phi) is 5.10. The minimum atomic E-state index is -3.38. The fourth-order valence-corrected chi connectivity index (χ4v) is 4.51. The smallest absolute Gasteiger partial charge is 0.211 e. The van der Waals surface area contributed by atoms with Gasteiger partial charge in [-0.25, -0.2) is 9.79 Å². The van der Waals surface area contributed by atoms with Gasteiger partial charge in [0.15, 0.2) is 0 Å². The van der Waals surface area contributed by atoms with E-state index in [1.54, 1.807) is 4.31 Å². The Bertz CT molecular complexity index is 437. The van der Waals surface area contributed by atoms with Crippen LogP contribution in [0.2, 0.25) is 0 Å². The van der Waals surface area contributed by atoms with Crippen molar-refractivity contribution >= 4 is 16.3 Å². The molecule has 0 spiro atoms. The standard InChI is InChI=1S/C12H21N3O3S/c16-11-13-12-6-5-9-15(10-12)19(17,18)14-7-3-1-2-4-8-14/h12H,1-10H2. The molecule has 2 fully saturated rings. The molecule has 1 unspecified atom stereocenters. The predicted octanol–water partition coefficient (Wildman–Crippen LogP) is 0.907. The van der Waals surface area contributed by atoms with Gasteiger partial charge in [-0.1, -0.05) is 12.8 Å². The van der Waals surface area contributed by atoms with Crippen LogP contribution in [-0.2, 0) is 15.0 Å². The Labute approximate surface area is 114 Å². The second-order valence-electron chi connectivity index (χ2n) is 5.20. The van der Waals surface area contributed by atoms with E-state index in [4.69, 9.17) is 0 Å². The molecule has 0 aromatic heterocycles. The molecule has 0 bridgehead atoms. The number of aliphatic imine (C=N–C) groups is 1. The van der Waals surface area contributed by atoms with E-state index in [0.29, 0.717) is 26.2 Å². The summed E-state index contributed by atoms with van der Waals surface area (Å²) in [5.74, 6) is 0. The quantitative estimate of drug-likeness (QED) is 0.572. The number of hydrogen-bond donors (Lipinski definition) is 0. The fourth-order valence-electron chi connectivity index (χ4n) is 2.75. The van der Waals surface area contributed by atoms with Gasteiger partial charge in [-0.15, -0.1) is 0 Å². The molecule has 2 aliphatic heterocycles. The molecule has 2 rings (SSSR count). The maximum Gasteiger partial charge on any atom is 0.282 e. The number of carbonyl (C=O) groups excluding carboxylic acids is 1. The molecule has 2 aliphatic rings. The zero-order chi connectivity index (χ0) is 13.7. The minimum absolute atomic E-state index is 0.229. The summed E-state index contributed by atoms with van der Waals surface area (Å²) < 4.78 is 28.2. The number of piperidine rings is 1. The Hall–Kier alpha value is -0.750. The van der Waals surface area contributed by atoms with E-state index in [1.807, 2.05) is 0 Å². The van der Waals surface area contributed by atoms with E-state index in [-0.39, 0.29) is 6.04 Å². The monoisotopic (exact) mass is 287 g/mol. The first kappa shape index (κ1) is 14.7. The van der Waals surface area contributed by atoms with Gasteiger partial charge in [0, 0.05) is 26.2 Å². The summed E-state index contributed by atoms with van der Waals surface area (Å²) in [4.78, 5) is 14.0. The van der Waals surface area contributed by atoms with Crippen LogP contribution in [0.25, 0.3) is 0 Å². The summed E-state index contributed by atoms with van der Waals surface area (Å²) in [6, 6.07) is -0.229. The first-order valence-electron chi connectivity index (χ1n) is 6.97. The normalized spacial score (nSPS) is 27.5. The van der Waals surface area contributed by atoms with E-state index < -0.39 is 10.2 Å². The van der Waals surface area contributed by atoms with Crippen LogP contribution < -0.4 is 0 Å². The Morgan fingerprint density at radius 3 is 2.21 bits per heavy atom. The molecule has 0 N–H and O–H groups in total. The lowest BCUT2D eigenvalue weighted by molar-refractivity contribution is 0.285. The Morgan fingerprint density at radius 1 is 0.947 bits per heavy atom. The third kappa shape index (κ3) is 3.63. The van der Waals surface area contributed by atoms with Gasteiger partial charge in [0.1, 0.15) is 0 Å². The van der Waals surface area contributed by atoms with Crippen LogP contribution in [0, 0.1) is 0 Å². The molecule has 0 aromatic carbocycles. The second-order valence-corrected chi connectivity index (χ2v) is 7.12. The highest BCUT2D eigenvalue weighted by atomic mass is 32.2. The maximum atomic E-state index is 12.6. The van der Waals surface area contributed by atoms with Crippen molar-refractivity contribution in [2.45, 2.75) is 44.6 Å². The Balaban J connectivity index is 2.07. The highest BCUT2D eigenvalue weighted by Gasteiger charge is 2.33. The van der Waals surface area contributed by atoms with Gasteiger partial charge in [-0.3, -0.25) is 0 Å². The van der Waals surface area contributed by atoms with Gasteiger partial charge in [-0.05, 0) is 25.7 Å². The van der Waals surface area contributed by atoms with Crippen molar-refractivity contribution in [3.05, 3.63) is 0 Å². The fraction of sp³-hybridized carbons (Fsp3) is 0.917. The van der Waals surface area contributed by atoms with Gasteiger partial charge in [0.25, 0.3) is 10.2 Å². The molecular weight excluding hydrogens is 266 g/mol. The third-order valence-electron chi connectivity index (χ3n) is 3.81. The summed E-state index contributed by atoms with van der Waals surface area (Å²) in [6.07, 6.45) is 7.13. The van der Waals surface area contributed by atoms with Gasteiger partial charge in [0.2, 0.25) is 6.08 Å². The van der Waals surface area contributed by atoms with Crippen LogP contribution in [0.4, 0.5) is 0 Å². The molecule has 19 heavy (non-hydrogen) atoms. The van der Waals surface area contributed by atoms with Crippen LogP contribution in [0.15, 0.2) is 4.99 Å². The van der Waals surface area contributed by atoms with Gasteiger partial charge in [0.05, 0.1) is 6.04 Å². The van der Waals surface area contributed by atoms with Crippen molar-refractivity contribution in [2.75, 3.05) is 26.2 Å². The highest BCUT2D eigenvalue weighted by Crippen LogP contribution is 2.21. The van der Waals surface area contributed by atoms with Crippen molar-refractivity contribution in [1.82, 2.24) is 8.61 Å². The molecule has 0 aromatic rings. The van der Waals surface area contributed by atoms with E-state index in [1.165, 1.54) is 10.4 Å². The van der Waals surface area contributed by atoms with Crippen molar-refractivity contribution in [1.29, 1.82) is 0 Å². The molecule has 2 heterocycles. The van der Waals surface area contributed by atoms with Crippen molar-refractivity contribution < 1.29 is 13.2 Å². The summed E-state index contributed by atoms with van der Waals surface area (Å²) >= 11 is 0. The number of hydrogen-bond acceptors (Lipinski definition) is 4. The zero-order valence-electron chi connectivity index (χ0n) is 11.1. The average molecular weight is 287 g/mol. The number of nitrogens with zero attached hydrogens (tertiary/aromatic N) is 3. The van der Waals surface area contributed by atoms with E-state index in [2.05, 4.69) is 4.99 Å². The zero-order valence-corrected chi connectivity index (χ0v) is 11.9. The summed E-state index contributed by atoms with van der Waals surface area (Å²) in [5.41, 5.74) is 0. The maximum absolute atomic E-state index is 12.6. The molecule has 0 saturated carbocycles. The molecule has 0 aliphatic carbocycles. The third-order valence-corrected chi connectivity index (χ3v) is 5.81. The lowest BCUT2D eigenvalue weighted by Crippen LogP contribution is -2.49. The molecular formula is C12H21N3O3S. The highest BCUT2D eigenvalue weighted by molar-refractivity contribution is 7.86. The van der Waals surface area contributed by atoms with Crippen molar-refractivity contribution in [3.8, 4) is 0 Å². The van der Waals surface area contributed by atoms with Crippen molar-refractivity contribution in [3.63, 3.8) is 0 Å². The topological polar surface area (TPSA) is 70.0 Å². The first-order chi connectivity index (χ1) is 9.14. The first-order valence-corrected chi connectivity index (χ1v) is 8.36. The van der Waals surface area contributed by atoms with Crippen LogP contribution >= 0.6 is 0 Å². The lowest BCUT2D eigenvalue weighted by Gasteiger charge is -2.33. The van der Waals surface area contributed by atoms with E-state index >= 15 is 0 Å². The van der Waals surface area contributed by atoms with Crippen LogP contribution in [0.1, 0.15) is 38.5 Å². The molecule has 7 heteroatoms. The molecule has 6 nitrogen and oxygen atoms in total. The molecule has 0 radical (unpaired) electrons. The van der Waals surface area contributed by atoms with Gasteiger partial charge in [-0.2, -0.15) is 17.0 Å². The predicted molar refractivity (Wildman–Crippen MR) is 71.7 cm³/mol. The molecule has 0 amide bonds. The average Bonchev–Trinajstić information content (AvgIpc) is 2.69. The largest absolute Gasteiger partial charge is 0.282 e. The van der Waals surface area contributed by atoms with E-state index in [0.717, 1.165) is 38.5 Å². The van der Waals surface area contributed by atoms with Crippen LogP contribution in [0.5, 0.6) is 0 Å². The summed E-state index contributed by atoms with van der Waals surface area (Å²) in [6.45, 7) is 2.07. The SMILES string of the molecule is O=C=NC1CCCN(S(=O)(=O)N2CCCCCC2)C1. The van der Waals surface area contributed by atoms with Gasteiger partial charge < -0.3 is 0 Å². The van der Waals surface area contributed by atoms with E-state index in [9.17, 15) is 13.2 Å². The number of rotatable bonds is 3. The molecule has 108 valence electrons. The van der Waals surface area contributed by atoms with Crippen LogP contribution in [-0.4, -0.2) is 55.3 Å². The molecule has 2 saturated heterocycles. The minimum Gasteiger partial charge on any atom is -0.211 e. The number of isocyanates is 1. The van der Waals surface area contributed by atoms with Crippen LogP contribution in [0.3, 0.4) is 0 Å². The Morgan fingerprint density at radius 2 is 1.58 bits per heavy atom. The van der Waals surface area contributed by atoms with Crippen molar-refractivity contribution in [2.24, 2.45) is 4.99 Å². The lowest BCUT2D eigenvalue weighted by atomic mass is 10.1. The summed E-state index contributed by atoms with van der Waals surface area (Å²) in [7, 11) is -3.38. The summed E-state index contributed by atoms with van der Waals surface area (Å²) in [5, 5.41) is 0. The molecule has 1 atom stereocenters. The van der Waals surface area contributed by atoms with Gasteiger partial charge >= 0.3 is 0 Å².